The van der Waals surface area contributed by atoms with Crippen LogP contribution in [-0.2, 0) is 19.6 Å². The summed E-state index contributed by atoms with van der Waals surface area (Å²) in [7, 11) is -3.68. The van der Waals surface area contributed by atoms with E-state index in [9.17, 15) is 18.0 Å². The van der Waals surface area contributed by atoms with E-state index in [0.29, 0.717) is 37.6 Å². The first-order chi connectivity index (χ1) is 15.2. The monoisotopic (exact) mass is 459 g/mol. The Bertz CT molecular complexity index is 1080. The molecule has 0 saturated carbocycles. The summed E-state index contributed by atoms with van der Waals surface area (Å²) in [5.74, 6) is -0.933. The third-order valence-electron chi connectivity index (χ3n) is 5.23. The fraction of sp³-hybridized carbons (Fsp3) is 0.391. The van der Waals surface area contributed by atoms with Gasteiger partial charge in [0.15, 0.2) is 0 Å². The Labute approximate surface area is 189 Å². The highest BCUT2D eigenvalue weighted by Gasteiger charge is 2.28. The average Bonchev–Trinajstić information content (AvgIpc) is 2.77. The Kier molecular flexibility index (Phi) is 7.65. The largest absolute Gasteiger partial charge is 0.379 e. The van der Waals surface area contributed by atoms with Gasteiger partial charge in [0, 0.05) is 24.3 Å². The third kappa shape index (κ3) is 5.73. The molecule has 1 saturated heterocycles. The lowest BCUT2D eigenvalue weighted by molar-refractivity contribution is -0.118. The highest BCUT2D eigenvalue weighted by Crippen LogP contribution is 2.21. The van der Waals surface area contributed by atoms with Gasteiger partial charge in [-0.2, -0.15) is 4.31 Å². The highest BCUT2D eigenvalue weighted by atomic mass is 32.2. The van der Waals surface area contributed by atoms with E-state index in [2.05, 4.69) is 10.6 Å². The number of carbonyl (C=O) groups is 2. The van der Waals surface area contributed by atoms with Crippen LogP contribution in [0.4, 0.5) is 5.69 Å². The number of hydrogen-bond acceptors (Lipinski definition) is 5. The summed E-state index contributed by atoms with van der Waals surface area (Å²) in [5, 5.41) is 5.53. The van der Waals surface area contributed by atoms with Crippen LogP contribution in [0.3, 0.4) is 0 Å². The van der Waals surface area contributed by atoms with Crippen molar-refractivity contribution < 1.29 is 22.7 Å². The number of benzene rings is 2. The van der Waals surface area contributed by atoms with Crippen LogP contribution >= 0.6 is 0 Å². The first-order valence-electron chi connectivity index (χ1n) is 10.5. The van der Waals surface area contributed by atoms with Crippen molar-refractivity contribution in [3.05, 3.63) is 59.7 Å². The summed E-state index contributed by atoms with van der Waals surface area (Å²) >= 11 is 0. The summed E-state index contributed by atoms with van der Waals surface area (Å²) in [5.41, 5.74) is 1.77. The standard InChI is InChI=1S/C23H29N3O5S/c1-16(2)21(25-22(27)18-7-4-6-17(3)14-18)23(28)24-19-8-5-9-20(15-19)32(29,30)26-10-12-31-13-11-26/h4-9,14-16,21H,10-13H2,1-3H3,(H,24,28)(H,25,27)/t21-/m0/s1. The fourth-order valence-electron chi connectivity index (χ4n) is 3.44. The minimum absolute atomic E-state index is 0.0992. The van der Waals surface area contributed by atoms with Gasteiger partial charge in [-0.3, -0.25) is 9.59 Å². The van der Waals surface area contributed by atoms with E-state index in [1.54, 1.807) is 30.3 Å². The molecule has 0 aliphatic carbocycles. The van der Waals surface area contributed by atoms with E-state index in [1.807, 2.05) is 26.8 Å². The zero-order valence-electron chi connectivity index (χ0n) is 18.5. The Morgan fingerprint density at radius 1 is 1.03 bits per heavy atom. The molecule has 2 N–H and O–H groups in total. The van der Waals surface area contributed by atoms with Crippen molar-refractivity contribution in [2.75, 3.05) is 31.6 Å². The normalized spacial score (nSPS) is 15.9. The van der Waals surface area contributed by atoms with Crippen LogP contribution in [0.15, 0.2) is 53.4 Å². The van der Waals surface area contributed by atoms with Gasteiger partial charge in [-0.05, 0) is 43.2 Å². The van der Waals surface area contributed by atoms with Gasteiger partial charge in [-0.15, -0.1) is 0 Å². The molecule has 0 aromatic heterocycles. The van der Waals surface area contributed by atoms with Crippen LogP contribution in [0.1, 0.15) is 29.8 Å². The summed E-state index contributed by atoms with van der Waals surface area (Å²) in [6, 6.07) is 12.5. The van der Waals surface area contributed by atoms with Crippen molar-refractivity contribution in [3.63, 3.8) is 0 Å². The highest BCUT2D eigenvalue weighted by molar-refractivity contribution is 7.89. The van der Waals surface area contributed by atoms with Crippen molar-refractivity contribution in [1.82, 2.24) is 9.62 Å². The van der Waals surface area contributed by atoms with E-state index < -0.39 is 22.0 Å². The number of aryl methyl sites for hydroxylation is 1. The molecule has 2 aromatic rings. The Morgan fingerprint density at radius 2 is 1.72 bits per heavy atom. The van der Waals surface area contributed by atoms with Gasteiger partial charge in [0.2, 0.25) is 15.9 Å². The van der Waals surface area contributed by atoms with Gasteiger partial charge in [0.1, 0.15) is 6.04 Å². The minimum Gasteiger partial charge on any atom is -0.379 e. The van der Waals surface area contributed by atoms with Crippen molar-refractivity contribution in [1.29, 1.82) is 0 Å². The van der Waals surface area contributed by atoms with Crippen LogP contribution in [0.5, 0.6) is 0 Å². The molecule has 2 amide bonds. The zero-order valence-corrected chi connectivity index (χ0v) is 19.3. The van der Waals surface area contributed by atoms with Crippen molar-refractivity contribution in [2.24, 2.45) is 5.92 Å². The minimum atomic E-state index is -3.68. The molecular weight excluding hydrogens is 430 g/mol. The number of hydrogen-bond donors (Lipinski definition) is 2. The molecule has 172 valence electrons. The summed E-state index contributed by atoms with van der Waals surface area (Å²) in [6.07, 6.45) is 0. The maximum Gasteiger partial charge on any atom is 0.251 e. The second kappa shape index (κ2) is 10.2. The molecule has 0 spiro atoms. The van der Waals surface area contributed by atoms with E-state index in [0.717, 1.165) is 5.56 Å². The molecule has 32 heavy (non-hydrogen) atoms. The second-order valence-electron chi connectivity index (χ2n) is 8.10. The smallest absolute Gasteiger partial charge is 0.251 e. The molecule has 1 atom stereocenters. The number of ether oxygens (including phenoxy) is 1. The average molecular weight is 460 g/mol. The topological polar surface area (TPSA) is 105 Å². The van der Waals surface area contributed by atoms with Crippen LogP contribution < -0.4 is 10.6 Å². The molecule has 1 heterocycles. The molecule has 0 bridgehead atoms. The molecule has 1 aliphatic heterocycles. The Balaban J connectivity index is 1.74. The van der Waals surface area contributed by atoms with Gasteiger partial charge < -0.3 is 15.4 Å². The summed E-state index contributed by atoms with van der Waals surface area (Å²) in [6.45, 7) is 6.85. The van der Waals surface area contributed by atoms with Gasteiger partial charge in [-0.1, -0.05) is 37.6 Å². The first-order valence-corrected chi connectivity index (χ1v) is 12.0. The molecule has 9 heteroatoms. The zero-order chi connectivity index (χ0) is 23.3. The molecule has 1 fully saturated rings. The lowest BCUT2D eigenvalue weighted by Crippen LogP contribution is -2.47. The van der Waals surface area contributed by atoms with E-state index in [4.69, 9.17) is 4.74 Å². The SMILES string of the molecule is Cc1cccc(C(=O)N[C@H](C(=O)Nc2cccc(S(=O)(=O)N3CCOCC3)c2)C(C)C)c1. The van der Waals surface area contributed by atoms with Crippen molar-refractivity contribution >= 4 is 27.5 Å². The predicted octanol–water partition coefficient (Wildman–Crippen LogP) is 2.41. The number of amides is 2. The van der Waals surface area contributed by atoms with E-state index in [1.165, 1.54) is 16.4 Å². The van der Waals surface area contributed by atoms with Crippen LogP contribution in [-0.4, -0.2) is 56.9 Å². The number of sulfonamides is 1. The first kappa shape index (κ1) is 23.9. The predicted molar refractivity (Wildman–Crippen MR) is 122 cm³/mol. The summed E-state index contributed by atoms with van der Waals surface area (Å²) < 4.78 is 32.4. The molecular formula is C23H29N3O5S. The Hall–Kier alpha value is -2.75. The van der Waals surface area contributed by atoms with Crippen molar-refractivity contribution in [3.8, 4) is 0 Å². The van der Waals surface area contributed by atoms with Crippen molar-refractivity contribution in [2.45, 2.75) is 31.7 Å². The lowest BCUT2D eigenvalue weighted by Gasteiger charge is -2.26. The molecule has 0 radical (unpaired) electrons. The number of carbonyl (C=O) groups excluding carboxylic acids is 2. The molecule has 3 rings (SSSR count). The third-order valence-corrected chi connectivity index (χ3v) is 7.12. The van der Waals surface area contributed by atoms with E-state index in [-0.39, 0.29) is 16.7 Å². The second-order valence-corrected chi connectivity index (χ2v) is 10.0. The van der Waals surface area contributed by atoms with Gasteiger partial charge in [-0.25, -0.2) is 8.42 Å². The van der Waals surface area contributed by atoms with Gasteiger partial charge >= 0.3 is 0 Å². The van der Waals surface area contributed by atoms with Gasteiger partial charge in [0.25, 0.3) is 5.91 Å². The molecule has 8 nitrogen and oxygen atoms in total. The molecule has 1 aliphatic rings. The van der Waals surface area contributed by atoms with Crippen LogP contribution in [0.25, 0.3) is 0 Å². The maximum atomic E-state index is 12.9. The quantitative estimate of drug-likeness (QED) is 0.662. The number of nitrogens with one attached hydrogen (secondary N) is 2. The van der Waals surface area contributed by atoms with Gasteiger partial charge in [0.05, 0.1) is 18.1 Å². The molecule has 2 aromatic carbocycles. The molecule has 0 unspecified atom stereocenters. The summed E-state index contributed by atoms with van der Waals surface area (Å²) in [4.78, 5) is 25.7. The fourth-order valence-corrected chi connectivity index (χ4v) is 4.89. The lowest BCUT2D eigenvalue weighted by atomic mass is 10.0. The number of morpholine rings is 1. The van der Waals surface area contributed by atoms with E-state index >= 15 is 0 Å². The number of nitrogens with zero attached hydrogens (tertiary/aromatic N) is 1. The Morgan fingerprint density at radius 3 is 2.38 bits per heavy atom. The number of anilines is 1. The van der Waals surface area contributed by atoms with Crippen LogP contribution in [0.2, 0.25) is 0 Å². The van der Waals surface area contributed by atoms with Crippen LogP contribution in [0, 0.1) is 12.8 Å². The maximum absolute atomic E-state index is 12.9. The number of rotatable bonds is 7.